The maximum absolute atomic E-state index is 13.9. The van der Waals surface area contributed by atoms with Crippen LogP contribution in [-0.2, 0) is 59.1 Å². The quantitative estimate of drug-likeness (QED) is 0.0223. The van der Waals surface area contributed by atoms with Crippen molar-refractivity contribution < 1.29 is 83.3 Å². The number of hydrogen-bond donors (Lipinski definition) is 14. The van der Waals surface area contributed by atoms with E-state index >= 15 is 0 Å². The van der Waals surface area contributed by atoms with Gasteiger partial charge in [-0.05, 0) is 54.2 Å². The van der Waals surface area contributed by atoms with Gasteiger partial charge in [-0.15, -0.1) is 0 Å². The molecule has 1 aliphatic rings. The van der Waals surface area contributed by atoms with Crippen molar-refractivity contribution in [3.63, 3.8) is 0 Å². The summed E-state index contributed by atoms with van der Waals surface area (Å²) in [6.07, 6.45) is 5.81. The summed E-state index contributed by atoms with van der Waals surface area (Å²) in [6, 6.07) is -5.72. The molecule has 0 aliphatic carbocycles. The van der Waals surface area contributed by atoms with Crippen LogP contribution in [0.4, 0.5) is 0 Å². The minimum Gasteiger partial charge on any atom is -0.508 e. The molecule has 1 aromatic carbocycles. The van der Waals surface area contributed by atoms with Gasteiger partial charge in [-0.3, -0.25) is 43.2 Å². The highest BCUT2D eigenvalue weighted by molar-refractivity contribution is 5.95. The zero-order valence-corrected chi connectivity index (χ0v) is 50.1. The number of esters is 1. The number of likely N-dealkylation sites (N-methyl/N-ethyl adjacent to an activating group) is 1. The summed E-state index contributed by atoms with van der Waals surface area (Å²) in [5.74, 6) is -10.1. The number of aromatic hydroxyl groups is 1. The van der Waals surface area contributed by atoms with Crippen LogP contribution in [0.3, 0.4) is 0 Å². The van der Waals surface area contributed by atoms with Gasteiger partial charge >= 0.3 is 5.97 Å². The second-order valence-electron chi connectivity index (χ2n) is 22.4. The summed E-state index contributed by atoms with van der Waals surface area (Å²) in [7, 11) is 1.40. The van der Waals surface area contributed by atoms with Crippen LogP contribution in [0, 0.1) is 23.7 Å². The maximum atomic E-state index is 13.9. The fourth-order valence-corrected chi connectivity index (χ4v) is 8.72. The van der Waals surface area contributed by atoms with E-state index in [4.69, 9.17) is 4.74 Å². The summed E-state index contributed by atoms with van der Waals surface area (Å²) >= 11 is 0. The molecule has 0 aromatic heterocycles. The van der Waals surface area contributed by atoms with Gasteiger partial charge in [0.05, 0.1) is 63.0 Å². The number of aliphatic hydroxyl groups excluding tert-OH is 5. The normalized spacial score (nSPS) is 19.3. The Bertz CT molecular complexity index is 2380. The lowest BCUT2D eigenvalue weighted by molar-refractivity contribution is -0.156. The number of benzene rings is 1. The highest BCUT2D eigenvalue weighted by Gasteiger charge is 2.38. The molecule has 0 fully saturated rings. The van der Waals surface area contributed by atoms with Gasteiger partial charge in [0.1, 0.15) is 48.6 Å². The van der Waals surface area contributed by atoms with Crippen LogP contribution < -0.4 is 42.5 Å². The van der Waals surface area contributed by atoms with E-state index in [1.54, 1.807) is 73.6 Å². The molecule has 84 heavy (non-hydrogen) atoms. The van der Waals surface area contributed by atoms with Gasteiger partial charge in [0.15, 0.2) is 0 Å². The molecular weight excluding hydrogens is 1090 g/mol. The summed E-state index contributed by atoms with van der Waals surface area (Å²) in [5.41, 5.74) is 0.581. The average molecular weight is 1190 g/mol. The second kappa shape index (κ2) is 37.3. The smallest absolute Gasteiger partial charge is 0.329 e. The molecule has 0 radical (unpaired) electrons. The minimum atomic E-state index is -1.76. The molecule has 14 N–H and O–H groups in total. The van der Waals surface area contributed by atoms with E-state index in [-0.39, 0.29) is 18.6 Å². The van der Waals surface area contributed by atoms with Crippen molar-refractivity contribution in [3.05, 3.63) is 54.1 Å². The van der Waals surface area contributed by atoms with Gasteiger partial charge in [0.25, 0.3) is 0 Å². The standard InChI is InChI=1S/C58H93N9O17/c1-11-12-13-14-15-16-17-18-45(74)60-41(30-70)53(78)66-51(34(6)7)56(81)62-40(29-69)44(73)27-48(77)65-50(33(4)5)55(80)61-39(28-68)43(72)26-47(76)64-49(32(2)3)54(79)59-37-21-24-46(75)63-52(35(8)9)57(82)67(10)42(58(83)84-31-37)25-36-19-22-38(71)23-20-36/h16-17,19-24,32-35,37,39-44,49-52,68-73H,11-15,18,25-31H2,1-10H3,(H,59,79)(H,60,74)(H,61,80)(H,62,81)(H,63,75)(H,64,76)(H,65,77)(H,66,78)/b17-16-,24-21+/t37-,39+,40+,41+,42+,43+,44+,49+,50+,51+,52+/m1/s1. The van der Waals surface area contributed by atoms with Crippen LogP contribution in [0.15, 0.2) is 48.6 Å². The van der Waals surface area contributed by atoms with Crippen molar-refractivity contribution in [1.29, 1.82) is 0 Å². The van der Waals surface area contributed by atoms with Gasteiger partial charge in [0, 0.05) is 26.0 Å². The van der Waals surface area contributed by atoms with Crippen molar-refractivity contribution >= 4 is 59.1 Å². The number of cyclic esters (lactones) is 1. The van der Waals surface area contributed by atoms with E-state index in [2.05, 4.69) is 49.5 Å². The first-order valence-corrected chi connectivity index (χ1v) is 28.7. The molecule has 2 rings (SSSR count). The van der Waals surface area contributed by atoms with Crippen molar-refractivity contribution in [2.75, 3.05) is 33.5 Å². The molecule has 9 amide bonds. The van der Waals surface area contributed by atoms with Crippen LogP contribution in [0.25, 0.3) is 0 Å². The number of nitrogens with one attached hydrogen (secondary N) is 8. The molecule has 1 aliphatic heterocycles. The summed E-state index contributed by atoms with van der Waals surface area (Å²) in [5, 5.41) is 82.3. The summed E-state index contributed by atoms with van der Waals surface area (Å²) in [4.78, 5) is 135. The zero-order chi connectivity index (χ0) is 63.4. The van der Waals surface area contributed by atoms with E-state index in [0.29, 0.717) is 5.56 Å². The van der Waals surface area contributed by atoms with Crippen LogP contribution in [0.1, 0.15) is 119 Å². The SMILES string of the molecule is CCCCCC/C=C\CC(=O)N[C@@H](CO)C(=O)N[C@H](C(=O)N[C@@H](CO)[C@@H](O)CC(=O)N[C@H](C(=O)N[C@@H](CO)[C@@H](O)CC(=O)N[C@H](C(=O)N[C@@H]1/C=C/C(=O)N[C@@H](C(C)C)C(=O)N(C)[C@@H](Cc2ccc(O)cc2)C(=O)OC1)C(C)C)C(C)C)C(C)C. The molecule has 0 saturated heterocycles. The highest BCUT2D eigenvalue weighted by atomic mass is 16.5. The number of hydrogen-bond acceptors (Lipinski definition) is 17. The Morgan fingerprint density at radius 3 is 1.68 bits per heavy atom. The van der Waals surface area contributed by atoms with Gasteiger partial charge in [-0.1, -0.05) is 112 Å². The second-order valence-corrected chi connectivity index (χ2v) is 22.4. The van der Waals surface area contributed by atoms with E-state index in [1.807, 2.05) is 6.08 Å². The molecule has 26 heteroatoms. The number of phenols is 1. The number of carbonyl (C=O) groups excluding carboxylic acids is 10. The molecule has 0 spiro atoms. The van der Waals surface area contributed by atoms with Crippen molar-refractivity contribution in [1.82, 2.24) is 47.4 Å². The molecule has 1 heterocycles. The van der Waals surface area contributed by atoms with Gasteiger partial charge in [0.2, 0.25) is 53.2 Å². The molecule has 0 saturated carbocycles. The Morgan fingerprint density at radius 1 is 0.667 bits per heavy atom. The topological polar surface area (TPSA) is 401 Å². The van der Waals surface area contributed by atoms with E-state index in [9.17, 15) is 78.6 Å². The predicted octanol–water partition coefficient (Wildman–Crippen LogP) is -1.23. The number of ether oxygens (including phenoxy) is 1. The van der Waals surface area contributed by atoms with Gasteiger partial charge < -0.3 is 82.8 Å². The first-order chi connectivity index (χ1) is 39.6. The fourth-order valence-electron chi connectivity index (χ4n) is 8.72. The van der Waals surface area contributed by atoms with E-state index in [1.165, 1.54) is 30.2 Å². The summed E-state index contributed by atoms with van der Waals surface area (Å²) < 4.78 is 5.64. The molecular formula is C58H93N9O17. The Hall–Kier alpha value is -7.00. The Kier molecular flexibility index (Phi) is 32.5. The lowest BCUT2D eigenvalue weighted by atomic mass is 9.99. The molecule has 0 unspecified atom stereocenters. The Morgan fingerprint density at radius 2 is 1.19 bits per heavy atom. The maximum Gasteiger partial charge on any atom is 0.329 e. The van der Waals surface area contributed by atoms with E-state index in [0.717, 1.165) is 38.2 Å². The first kappa shape index (κ1) is 73.1. The molecule has 1 aromatic rings. The first-order valence-electron chi connectivity index (χ1n) is 28.7. The van der Waals surface area contributed by atoms with Crippen LogP contribution >= 0.6 is 0 Å². The van der Waals surface area contributed by atoms with Gasteiger partial charge in [-0.2, -0.15) is 0 Å². The largest absolute Gasteiger partial charge is 0.508 e. The number of rotatable bonds is 33. The highest BCUT2D eigenvalue weighted by Crippen LogP contribution is 2.18. The fraction of sp³-hybridized carbons (Fsp3) is 0.655. The number of allylic oxidation sites excluding steroid dienone is 1. The van der Waals surface area contributed by atoms with Crippen molar-refractivity contribution in [2.45, 2.75) is 187 Å². The minimum absolute atomic E-state index is 0.0157. The van der Waals surface area contributed by atoms with Crippen LogP contribution in [0.2, 0.25) is 0 Å². The van der Waals surface area contributed by atoms with E-state index < -0.39 is 189 Å². The number of nitrogens with zero attached hydrogens (tertiary/aromatic N) is 1. The monoisotopic (exact) mass is 1190 g/mol. The molecule has 472 valence electrons. The number of carbonyl (C=O) groups is 10. The number of unbranched alkanes of at least 4 members (excludes halogenated alkanes) is 4. The molecule has 26 nitrogen and oxygen atoms in total. The Balaban J connectivity index is 2.11. The third-order valence-electron chi connectivity index (χ3n) is 14.0. The lowest BCUT2D eigenvalue weighted by Crippen LogP contribution is -2.59. The molecule has 0 bridgehead atoms. The Labute approximate surface area is 492 Å². The van der Waals surface area contributed by atoms with Crippen molar-refractivity contribution in [2.24, 2.45) is 23.7 Å². The number of amides is 9. The number of aliphatic hydroxyl groups is 5. The third-order valence-corrected chi connectivity index (χ3v) is 14.0. The number of phenolic OH excluding ortho intramolecular Hbond substituents is 1. The average Bonchev–Trinajstić information content (AvgIpc) is 3.57. The molecule has 11 atom stereocenters. The summed E-state index contributed by atoms with van der Waals surface area (Å²) in [6.45, 7) is 12.0. The van der Waals surface area contributed by atoms with Gasteiger partial charge in [-0.25, -0.2) is 4.79 Å². The van der Waals surface area contributed by atoms with Crippen molar-refractivity contribution in [3.8, 4) is 5.75 Å². The zero-order valence-electron chi connectivity index (χ0n) is 50.1. The van der Waals surface area contributed by atoms with Crippen LogP contribution in [-0.4, -0.2) is 195 Å². The van der Waals surface area contributed by atoms with Crippen LogP contribution in [0.5, 0.6) is 5.75 Å². The lowest BCUT2D eigenvalue weighted by Gasteiger charge is -2.32. The predicted molar refractivity (Wildman–Crippen MR) is 308 cm³/mol. The third kappa shape index (κ3) is 25.1.